The molecule has 0 atom stereocenters. The van der Waals surface area contributed by atoms with E-state index >= 15 is 0 Å². The molecule has 4 rings (SSSR count). The molecule has 0 amide bonds. The Morgan fingerprint density at radius 3 is 2.65 bits per heavy atom. The van der Waals surface area contributed by atoms with E-state index in [0.29, 0.717) is 16.3 Å². The number of thiazole rings is 2. The van der Waals surface area contributed by atoms with Gasteiger partial charge in [0.1, 0.15) is 16.6 Å². The SMILES string of the molecule is COc1cc(C(=O)O)c(F)cc1NS(=O)(=O)c1csc(-c2cnc(C3CCC(C)(C)CC3)s2)n1. The molecule has 1 aliphatic rings. The van der Waals surface area contributed by atoms with Crippen LogP contribution in [0.4, 0.5) is 10.1 Å². The molecule has 1 saturated carbocycles. The van der Waals surface area contributed by atoms with Crippen LogP contribution in [0.3, 0.4) is 0 Å². The van der Waals surface area contributed by atoms with E-state index in [0.717, 1.165) is 47.7 Å². The number of carboxylic acid groups (broad SMARTS) is 1. The molecule has 0 spiro atoms. The van der Waals surface area contributed by atoms with E-state index in [9.17, 15) is 17.6 Å². The number of carbonyl (C=O) groups is 1. The van der Waals surface area contributed by atoms with Gasteiger partial charge in [-0.1, -0.05) is 13.8 Å². The van der Waals surface area contributed by atoms with Gasteiger partial charge < -0.3 is 9.84 Å². The summed E-state index contributed by atoms with van der Waals surface area (Å²) in [5.41, 5.74) is -0.486. The maximum atomic E-state index is 14.1. The van der Waals surface area contributed by atoms with Crippen LogP contribution in [0.5, 0.6) is 5.75 Å². The highest BCUT2D eigenvalue weighted by Crippen LogP contribution is 2.44. The Bertz CT molecular complexity index is 1320. The van der Waals surface area contributed by atoms with Gasteiger partial charge in [0, 0.05) is 23.6 Å². The van der Waals surface area contributed by atoms with Crippen LogP contribution in [0.15, 0.2) is 28.7 Å². The first-order chi connectivity index (χ1) is 16.0. The second-order valence-electron chi connectivity index (χ2n) is 8.94. The number of nitrogens with zero attached hydrogens (tertiary/aromatic N) is 2. The normalized spacial score (nSPS) is 16.4. The molecule has 0 saturated heterocycles. The quantitative estimate of drug-likeness (QED) is 0.412. The van der Waals surface area contributed by atoms with Crippen molar-refractivity contribution in [3.63, 3.8) is 0 Å². The van der Waals surface area contributed by atoms with Crippen LogP contribution in [0.25, 0.3) is 9.88 Å². The molecule has 0 unspecified atom stereocenters. The average Bonchev–Trinajstić information content (AvgIpc) is 3.44. The first-order valence-electron chi connectivity index (χ1n) is 10.5. The summed E-state index contributed by atoms with van der Waals surface area (Å²) in [6, 6.07) is 1.70. The van der Waals surface area contributed by atoms with Gasteiger partial charge in [0.25, 0.3) is 10.0 Å². The fourth-order valence-corrected chi connectivity index (χ4v) is 7.18. The summed E-state index contributed by atoms with van der Waals surface area (Å²) in [6.45, 7) is 4.57. The molecule has 3 aromatic rings. The summed E-state index contributed by atoms with van der Waals surface area (Å²) in [5, 5.41) is 11.8. The molecule has 34 heavy (non-hydrogen) atoms. The fourth-order valence-electron chi connectivity index (χ4n) is 3.88. The van der Waals surface area contributed by atoms with Gasteiger partial charge >= 0.3 is 5.97 Å². The lowest BCUT2D eigenvalue weighted by Crippen LogP contribution is -2.20. The second kappa shape index (κ2) is 9.23. The molecule has 12 heteroatoms. The Morgan fingerprint density at radius 1 is 1.29 bits per heavy atom. The summed E-state index contributed by atoms with van der Waals surface area (Å²) in [4.78, 5) is 20.8. The molecule has 1 aromatic carbocycles. The maximum absolute atomic E-state index is 14.1. The minimum absolute atomic E-state index is 0.124. The molecule has 0 bridgehead atoms. The first-order valence-corrected chi connectivity index (χ1v) is 13.7. The zero-order valence-corrected chi connectivity index (χ0v) is 21.2. The maximum Gasteiger partial charge on any atom is 0.338 e. The Kier molecular flexibility index (Phi) is 6.67. The topological polar surface area (TPSA) is 118 Å². The van der Waals surface area contributed by atoms with Crippen molar-refractivity contribution in [2.75, 3.05) is 11.8 Å². The van der Waals surface area contributed by atoms with E-state index in [4.69, 9.17) is 9.84 Å². The van der Waals surface area contributed by atoms with Crippen molar-refractivity contribution >= 4 is 44.4 Å². The summed E-state index contributed by atoms with van der Waals surface area (Å²) in [5.74, 6) is -2.29. The molecular weight excluding hydrogens is 501 g/mol. The number of carboxylic acids is 1. The third-order valence-corrected chi connectivity index (χ3v) is 9.51. The molecule has 1 aliphatic carbocycles. The molecule has 0 radical (unpaired) electrons. The molecule has 1 fully saturated rings. The summed E-state index contributed by atoms with van der Waals surface area (Å²) < 4.78 is 47.2. The van der Waals surface area contributed by atoms with Crippen LogP contribution in [0, 0.1) is 11.2 Å². The number of methoxy groups -OCH3 is 1. The zero-order valence-electron chi connectivity index (χ0n) is 18.8. The summed E-state index contributed by atoms with van der Waals surface area (Å²) in [6.07, 6.45) is 6.19. The number of hydrogen-bond donors (Lipinski definition) is 2. The number of ether oxygens (including phenoxy) is 1. The number of sulfonamides is 1. The highest BCUT2D eigenvalue weighted by Gasteiger charge is 2.30. The number of rotatable bonds is 7. The third-order valence-electron chi connectivity index (χ3n) is 5.95. The van der Waals surface area contributed by atoms with Gasteiger partial charge in [-0.25, -0.2) is 19.2 Å². The summed E-state index contributed by atoms with van der Waals surface area (Å²) in [7, 11) is -2.94. The monoisotopic (exact) mass is 525 g/mol. The molecule has 2 heterocycles. The highest BCUT2D eigenvalue weighted by molar-refractivity contribution is 7.92. The van der Waals surface area contributed by atoms with Crippen LogP contribution >= 0.6 is 22.7 Å². The molecule has 2 aromatic heterocycles. The molecule has 8 nitrogen and oxygen atoms in total. The Hall–Kier alpha value is -2.57. The summed E-state index contributed by atoms with van der Waals surface area (Å²) >= 11 is 2.71. The number of aromatic nitrogens is 2. The lowest BCUT2D eigenvalue weighted by molar-refractivity contribution is 0.0691. The van der Waals surface area contributed by atoms with E-state index < -0.39 is 27.4 Å². The minimum Gasteiger partial charge on any atom is -0.495 e. The van der Waals surface area contributed by atoms with Crippen LogP contribution in [0.1, 0.15) is 60.8 Å². The highest BCUT2D eigenvalue weighted by atomic mass is 32.2. The van der Waals surface area contributed by atoms with E-state index in [1.165, 1.54) is 35.2 Å². The molecule has 0 aliphatic heterocycles. The number of anilines is 1. The third kappa shape index (κ3) is 5.08. The van der Waals surface area contributed by atoms with E-state index in [-0.39, 0.29) is 16.5 Å². The van der Waals surface area contributed by atoms with Crippen molar-refractivity contribution in [1.82, 2.24) is 9.97 Å². The van der Waals surface area contributed by atoms with Crippen LogP contribution < -0.4 is 9.46 Å². The van der Waals surface area contributed by atoms with Gasteiger partial charge in [-0.2, -0.15) is 8.42 Å². The Labute approximate surface area is 204 Å². The van der Waals surface area contributed by atoms with Crippen molar-refractivity contribution < 1.29 is 27.4 Å². The predicted molar refractivity (Wildman–Crippen MR) is 129 cm³/mol. The average molecular weight is 526 g/mol. The zero-order chi connectivity index (χ0) is 24.7. The standard InChI is InChI=1S/C22H24FN3O5S3/c1-22(2)6-4-12(5-7-22)19-24-10-17(33-19)20-25-18(11-32-20)34(29,30)26-15-9-14(23)13(21(27)28)8-16(15)31-3/h8-12,26H,4-7H2,1-3H3,(H,27,28). The smallest absolute Gasteiger partial charge is 0.338 e. The van der Waals surface area contributed by atoms with Crippen molar-refractivity contribution in [2.24, 2.45) is 5.41 Å². The van der Waals surface area contributed by atoms with Gasteiger partial charge in [-0.05, 0) is 37.2 Å². The van der Waals surface area contributed by atoms with Crippen molar-refractivity contribution in [3.8, 4) is 15.6 Å². The van der Waals surface area contributed by atoms with Gasteiger partial charge in [0.2, 0.25) is 0 Å². The molecule has 182 valence electrons. The number of hydrogen-bond acceptors (Lipinski definition) is 8. The molecular formula is C22H24FN3O5S3. The number of halogens is 1. The van der Waals surface area contributed by atoms with E-state index in [1.807, 2.05) is 0 Å². The van der Waals surface area contributed by atoms with E-state index in [2.05, 4.69) is 28.5 Å². The van der Waals surface area contributed by atoms with Crippen molar-refractivity contribution in [3.05, 3.63) is 40.1 Å². The molecule has 2 N–H and O–H groups in total. The number of nitrogens with one attached hydrogen (secondary N) is 1. The Balaban J connectivity index is 1.54. The first kappa shape index (κ1) is 24.6. The van der Waals surface area contributed by atoms with Gasteiger partial charge in [0.05, 0.1) is 28.2 Å². The van der Waals surface area contributed by atoms with E-state index in [1.54, 1.807) is 6.20 Å². The second-order valence-corrected chi connectivity index (χ2v) is 12.5. The number of benzene rings is 1. The lowest BCUT2D eigenvalue weighted by atomic mass is 9.73. The predicted octanol–water partition coefficient (Wildman–Crippen LogP) is 5.60. The van der Waals surface area contributed by atoms with Gasteiger partial charge in [0.15, 0.2) is 5.03 Å². The lowest BCUT2D eigenvalue weighted by Gasteiger charge is -2.33. The Morgan fingerprint density at radius 2 is 2.00 bits per heavy atom. The van der Waals surface area contributed by atoms with Crippen LogP contribution in [-0.4, -0.2) is 36.6 Å². The van der Waals surface area contributed by atoms with Crippen LogP contribution in [0.2, 0.25) is 0 Å². The van der Waals surface area contributed by atoms with Crippen molar-refractivity contribution in [2.45, 2.75) is 50.5 Å². The van der Waals surface area contributed by atoms with Gasteiger partial charge in [-0.3, -0.25) is 4.72 Å². The van der Waals surface area contributed by atoms with Crippen LogP contribution in [-0.2, 0) is 10.0 Å². The minimum atomic E-state index is -4.17. The fraction of sp³-hybridized carbons (Fsp3) is 0.409. The van der Waals surface area contributed by atoms with Gasteiger partial charge in [-0.15, -0.1) is 22.7 Å². The number of aromatic carboxylic acids is 1. The largest absolute Gasteiger partial charge is 0.495 e. The van der Waals surface area contributed by atoms with Crippen molar-refractivity contribution in [1.29, 1.82) is 0 Å².